The molecule has 16 heavy (non-hydrogen) atoms. The van der Waals surface area contributed by atoms with Gasteiger partial charge in [0.15, 0.2) is 0 Å². The van der Waals surface area contributed by atoms with Crippen LogP contribution in [0.15, 0.2) is 0 Å². The maximum atomic E-state index is 6.06. The average Bonchev–Trinajstić information content (AvgIpc) is 2.29. The summed E-state index contributed by atoms with van der Waals surface area (Å²) in [5.74, 6) is 1.68. The van der Waals surface area contributed by atoms with Crippen LogP contribution in [0.1, 0.15) is 52.4 Å². The van der Waals surface area contributed by atoms with Crippen LogP contribution < -0.4 is 5.73 Å². The van der Waals surface area contributed by atoms with Crippen LogP contribution in [0.25, 0.3) is 0 Å². The van der Waals surface area contributed by atoms with Crippen molar-refractivity contribution >= 4 is 0 Å². The Morgan fingerprint density at radius 3 is 2.69 bits per heavy atom. The van der Waals surface area contributed by atoms with Gasteiger partial charge in [-0.15, -0.1) is 0 Å². The summed E-state index contributed by atoms with van der Waals surface area (Å²) in [5, 5.41) is 0. The fourth-order valence-electron chi connectivity index (χ4n) is 3.53. The molecule has 2 rings (SSSR count). The van der Waals surface area contributed by atoms with E-state index in [2.05, 4.69) is 18.7 Å². The Labute approximate surface area is 101 Å². The average molecular weight is 224 g/mol. The van der Waals surface area contributed by atoms with Crippen molar-refractivity contribution in [2.24, 2.45) is 17.6 Å². The van der Waals surface area contributed by atoms with Crippen molar-refractivity contribution in [3.8, 4) is 0 Å². The van der Waals surface area contributed by atoms with Crippen LogP contribution in [0.4, 0.5) is 0 Å². The zero-order chi connectivity index (χ0) is 11.5. The lowest BCUT2D eigenvalue weighted by Gasteiger charge is -2.42. The van der Waals surface area contributed by atoms with E-state index >= 15 is 0 Å². The van der Waals surface area contributed by atoms with Crippen LogP contribution in [0, 0.1) is 11.8 Å². The molecule has 0 aromatic rings. The molecule has 0 aromatic heterocycles. The topological polar surface area (TPSA) is 29.3 Å². The van der Waals surface area contributed by atoms with E-state index in [-0.39, 0.29) is 0 Å². The summed E-state index contributed by atoms with van der Waals surface area (Å²) in [6, 6.07) is 1.24. The lowest BCUT2D eigenvalue weighted by atomic mass is 9.84. The number of hydrogen-bond acceptors (Lipinski definition) is 2. The third kappa shape index (κ3) is 2.98. The second-order valence-corrected chi connectivity index (χ2v) is 6.18. The van der Waals surface area contributed by atoms with Crippen LogP contribution >= 0.6 is 0 Å². The molecule has 0 radical (unpaired) electrons. The van der Waals surface area contributed by atoms with Gasteiger partial charge in [-0.2, -0.15) is 0 Å². The van der Waals surface area contributed by atoms with E-state index in [1.807, 2.05) is 0 Å². The molecule has 0 bridgehead atoms. The van der Waals surface area contributed by atoms with Gasteiger partial charge >= 0.3 is 0 Å². The van der Waals surface area contributed by atoms with Crippen LogP contribution in [0.5, 0.6) is 0 Å². The second kappa shape index (κ2) is 5.50. The Morgan fingerprint density at radius 1 is 1.19 bits per heavy atom. The molecule has 2 nitrogen and oxygen atoms in total. The molecule has 1 heterocycles. The van der Waals surface area contributed by atoms with Gasteiger partial charge in [0.05, 0.1) is 0 Å². The Hall–Kier alpha value is -0.0800. The van der Waals surface area contributed by atoms with E-state index in [0.717, 1.165) is 17.9 Å². The number of rotatable bonds is 2. The molecular weight excluding hydrogens is 196 g/mol. The minimum Gasteiger partial charge on any atom is -0.328 e. The quantitative estimate of drug-likeness (QED) is 0.781. The van der Waals surface area contributed by atoms with E-state index in [0.29, 0.717) is 6.04 Å². The SMILES string of the molecule is CC1CCCC(N2CCCC(C(C)N)C2)C1. The second-order valence-electron chi connectivity index (χ2n) is 6.18. The molecule has 0 spiro atoms. The van der Waals surface area contributed by atoms with E-state index in [4.69, 9.17) is 5.73 Å². The Morgan fingerprint density at radius 2 is 2.00 bits per heavy atom. The number of likely N-dealkylation sites (tertiary alicyclic amines) is 1. The summed E-state index contributed by atoms with van der Waals surface area (Å²) >= 11 is 0. The highest BCUT2D eigenvalue weighted by Gasteiger charge is 2.29. The van der Waals surface area contributed by atoms with Gasteiger partial charge in [-0.05, 0) is 51.0 Å². The number of hydrogen-bond donors (Lipinski definition) is 1. The van der Waals surface area contributed by atoms with Crippen LogP contribution in [-0.4, -0.2) is 30.1 Å². The fraction of sp³-hybridized carbons (Fsp3) is 1.00. The predicted molar refractivity (Wildman–Crippen MR) is 69.4 cm³/mol. The van der Waals surface area contributed by atoms with Gasteiger partial charge < -0.3 is 10.6 Å². The lowest BCUT2D eigenvalue weighted by Crippen LogP contribution is -2.48. The van der Waals surface area contributed by atoms with Crippen molar-refractivity contribution in [1.82, 2.24) is 4.90 Å². The molecule has 0 aromatic carbocycles. The molecule has 2 N–H and O–H groups in total. The zero-order valence-corrected chi connectivity index (χ0v) is 11.0. The predicted octanol–water partition coefficient (Wildman–Crippen LogP) is 2.62. The molecule has 2 aliphatic rings. The van der Waals surface area contributed by atoms with Crippen LogP contribution in [0.3, 0.4) is 0 Å². The summed E-state index contributed by atoms with van der Waals surface area (Å²) in [6.45, 7) is 7.17. The maximum Gasteiger partial charge on any atom is 0.00979 e. The maximum absolute atomic E-state index is 6.06. The normalized spacial score (nSPS) is 39.6. The molecule has 1 aliphatic carbocycles. The highest BCUT2D eigenvalue weighted by molar-refractivity contribution is 4.85. The van der Waals surface area contributed by atoms with Crippen molar-refractivity contribution in [1.29, 1.82) is 0 Å². The monoisotopic (exact) mass is 224 g/mol. The van der Waals surface area contributed by atoms with Gasteiger partial charge in [0.2, 0.25) is 0 Å². The van der Waals surface area contributed by atoms with Crippen LogP contribution in [-0.2, 0) is 0 Å². The fourth-order valence-corrected chi connectivity index (χ4v) is 3.53. The summed E-state index contributed by atoms with van der Waals surface area (Å²) < 4.78 is 0. The Balaban J connectivity index is 1.88. The van der Waals surface area contributed by atoms with Gasteiger partial charge in [0.1, 0.15) is 0 Å². The molecule has 1 saturated carbocycles. The number of nitrogens with zero attached hydrogens (tertiary/aromatic N) is 1. The largest absolute Gasteiger partial charge is 0.328 e. The summed E-state index contributed by atoms with van der Waals surface area (Å²) in [5.41, 5.74) is 6.06. The first-order valence-electron chi connectivity index (χ1n) is 7.16. The highest BCUT2D eigenvalue weighted by atomic mass is 15.2. The summed E-state index contributed by atoms with van der Waals surface area (Å²) in [6.07, 6.45) is 8.43. The summed E-state index contributed by atoms with van der Waals surface area (Å²) in [4.78, 5) is 2.74. The van der Waals surface area contributed by atoms with Crippen LogP contribution in [0.2, 0.25) is 0 Å². The third-order valence-corrected chi connectivity index (χ3v) is 4.66. The molecule has 0 amide bonds. The first kappa shape index (κ1) is 12.4. The number of nitrogens with two attached hydrogens (primary N) is 1. The van der Waals surface area contributed by atoms with E-state index in [9.17, 15) is 0 Å². The Kier molecular flexibility index (Phi) is 4.26. The molecule has 1 aliphatic heterocycles. The van der Waals surface area contributed by atoms with Gasteiger partial charge in [0.25, 0.3) is 0 Å². The molecular formula is C14H28N2. The van der Waals surface area contributed by atoms with Gasteiger partial charge in [-0.1, -0.05) is 19.8 Å². The van der Waals surface area contributed by atoms with E-state index in [1.165, 1.54) is 51.6 Å². The van der Waals surface area contributed by atoms with Crippen molar-refractivity contribution in [2.45, 2.75) is 64.5 Å². The summed E-state index contributed by atoms with van der Waals surface area (Å²) in [7, 11) is 0. The first-order chi connectivity index (χ1) is 7.66. The minimum absolute atomic E-state index is 0.379. The molecule has 4 unspecified atom stereocenters. The Bertz CT molecular complexity index is 215. The van der Waals surface area contributed by atoms with Crippen molar-refractivity contribution in [2.75, 3.05) is 13.1 Å². The smallest absolute Gasteiger partial charge is 0.00979 e. The zero-order valence-electron chi connectivity index (χ0n) is 11.0. The van der Waals surface area contributed by atoms with Crippen molar-refractivity contribution < 1.29 is 0 Å². The van der Waals surface area contributed by atoms with Crippen molar-refractivity contribution in [3.63, 3.8) is 0 Å². The lowest BCUT2D eigenvalue weighted by molar-refractivity contribution is 0.0791. The minimum atomic E-state index is 0.379. The van der Waals surface area contributed by atoms with E-state index < -0.39 is 0 Å². The molecule has 1 saturated heterocycles. The number of piperidine rings is 1. The molecule has 94 valence electrons. The van der Waals surface area contributed by atoms with Gasteiger partial charge in [0, 0.05) is 18.6 Å². The third-order valence-electron chi connectivity index (χ3n) is 4.66. The van der Waals surface area contributed by atoms with E-state index in [1.54, 1.807) is 0 Å². The standard InChI is InChI=1S/C14H28N2/c1-11-5-3-7-14(9-11)16-8-4-6-13(10-16)12(2)15/h11-14H,3-10,15H2,1-2H3. The van der Waals surface area contributed by atoms with Gasteiger partial charge in [-0.3, -0.25) is 0 Å². The molecule has 4 atom stereocenters. The first-order valence-corrected chi connectivity index (χ1v) is 7.16. The molecule has 2 fully saturated rings. The van der Waals surface area contributed by atoms with Crippen molar-refractivity contribution in [3.05, 3.63) is 0 Å². The molecule has 2 heteroatoms. The highest BCUT2D eigenvalue weighted by Crippen LogP contribution is 2.30. The van der Waals surface area contributed by atoms with Gasteiger partial charge in [-0.25, -0.2) is 0 Å².